The lowest BCUT2D eigenvalue weighted by atomic mass is 10.5. The summed E-state index contributed by atoms with van der Waals surface area (Å²) in [5, 5.41) is 0. The summed E-state index contributed by atoms with van der Waals surface area (Å²) in [7, 11) is 0. The first kappa shape index (κ1) is 16.4. The van der Waals surface area contributed by atoms with Crippen LogP contribution in [0.4, 0.5) is 0 Å². The molecule has 2 nitrogen and oxygen atoms in total. The molecule has 0 bridgehead atoms. The molecule has 0 aliphatic rings. The third-order valence-electron chi connectivity index (χ3n) is 1.89. The molecule has 0 saturated carbocycles. The fourth-order valence-corrected chi connectivity index (χ4v) is 3.67. The van der Waals surface area contributed by atoms with Crippen LogP contribution < -0.4 is 21.2 Å². The molecule has 0 spiro atoms. The van der Waals surface area contributed by atoms with E-state index >= 15 is 0 Å². The minimum absolute atomic E-state index is 0.264. The average Bonchev–Trinajstić information content (AvgIpc) is 2.84. The van der Waals surface area contributed by atoms with Crippen molar-refractivity contribution in [1.82, 2.24) is 0 Å². The summed E-state index contributed by atoms with van der Waals surface area (Å²) in [6.45, 7) is 0. The van der Waals surface area contributed by atoms with Crippen LogP contribution in [0.25, 0.3) is 0 Å². The molecular weight excluding hydrogens is 492 g/mol. The Hall–Kier alpha value is 1.03. The molecule has 9 heteroatoms. The molecule has 0 amide bonds. The number of hydrogen-bond acceptors (Lipinski definition) is 2. The predicted octanol–water partition coefficient (Wildman–Crippen LogP) is 2.65. The minimum Gasteiger partial charge on any atom is -0.419 e. The van der Waals surface area contributed by atoms with E-state index in [0.717, 1.165) is 0 Å². The van der Waals surface area contributed by atoms with Crippen molar-refractivity contribution in [1.29, 1.82) is 0 Å². The van der Waals surface area contributed by atoms with Crippen LogP contribution in [0.5, 0.6) is 0 Å². The number of halogens is 7. The summed E-state index contributed by atoms with van der Waals surface area (Å²) >= 11 is 33.6. The molecule has 0 unspecified atom stereocenters. The number of hydrogen-bond donors (Lipinski definition) is 0. The highest BCUT2D eigenvalue weighted by Crippen LogP contribution is 2.39. The van der Waals surface area contributed by atoms with E-state index in [0.29, 0.717) is 7.53 Å². The maximum Gasteiger partial charge on any atom is 0.442 e. The molecule has 0 saturated heterocycles. The Balaban J connectivity index is 2.14. The van der Waals surface area contributed by atoms with Gasteiger partial charge in [-0.05, 0) is 12.1 Å². The number of furan rings is 2. The predicted molar refractivity (Wildman–Crippen MR) is 73.3 cm³/mol. The van der Waals surface area contributed by atoms with E-state index in [2.05, 4.69) is 0 Å². The lowest BCUT2D eigenvalue weighted by molar-refractivity contribution is -0.636. The molecular formula is C10H4Cl6IO2+. The molecule has 0 aliphatic carbocycles. The van der Waals surface area contributed by atoms with E-state index in [-0.39, 0.29) is 11.5 Å². The van der Waals surface area contributed by atoms with E-state index in [9.17, 15) is 0 Å². The second-order valence-electron chi connectivity index (χ2n) is 3.30. The molecule has 2 heterocycles. The molecule has 2 aromatic heterocycles. The summed E-state index contributed by atoms with van der Waals surface area (Å²) < 4.78 is 9.10. The van der Waals surface area contributed by atoms with Crippen LogP contribution in [0, 0.1) is 7.53 Å². The smallest absolute Gasteiger partial charge is 0.419 e. The van der Waals surface area contributed by atoms with Crippen LogP contribution in [0.2, 0.25) is 0 Å². The molecule has 2 rings (SSSR count). The summed E-state index contributed by atoms with van der Waals surface area (Å²) in [6, 6.07) is 6.70. The van der Waals surface area contributed by atoms with Gasteiger partial charge in [-0.25, -0.2) is 0 Å². The maximum absolute atomic E-state index is 5.71. The molecule has 0 N–H and O–H groups in total. The van der Waals surface area contributed by atoms with Crippen LogP contribution in [-0.4, -0.2) is 0 Å². The Morgan fingerprint density at radius 1 is 0.684 bits per heavy atom. The Morgan fingerprint density at radius 3 is 1.32 bits per heavy atom. The van der Waals surface area contributed by atoms with Gasteiger partial charge in [0.15, 0.2) is 11.5 Å². The van der Waals surface area contributed by atoms with Gasteiger partial charge in [0.1, 0.15) is 0 Å². The largest absolute Gasteiger partial charge is 0.442 e. The van der Waals surface area contributed by atoms with E-state index in [1.807, 2.05) is 0 Å². The minimum atomic E-state index is -1.58. The third kappa shape index (κ3) is 4.50. The van der Waals surface area contributed by atoms with E-state index in [4.69, 9.17) is 78.4 Å². The van der Waals surface area contributed by atoms with Crippen LogP contribution in [0.15, 0.2) is 33.1 Å². The summed E-state index contributed by atoms with van der Waals surface area (Å²) in [4.78, 5) is 0. The monoisotopic (exact) mass is 493 g/mol. The Labute approximate surface area is 149 Å². The zero-order valence-corrected chi connectivity index (χ0v) is 15.5. The SMILES string of the molecule is ClC(Cl)(Cl)c1ccc([I+]c2ccc(C(Cl)(Cl)Cl)o2)o1. The molecule has 104 valence electrons. The van der Waals surface area contributed by atoms with Crippen molar-refractivity contribution in [3.8, 4) is 0 Å². The Kier molecular flexibility index (Phi) is 5.21. The fraction of sp³-hybridized carbons (Fsp3) is 0.200. The highest BCUT2D eigenvalue weighted by atomic mass is 127. The van der Waals surface area contributed by atoms with Crippen molar-refractivity contribution >= 4 is 69.6 Å². The average molecular weight is 496 g/mol. The second kappa shape index (κ2) is 6.03. The van der Waals surface area contributed by atoms with Crippen LogP contribution in [0.1, 0.15) is 11.5 Å². The van der Waals surface area contributed by atoms with E-state index in [1.165, 1.54) is 0 Å². The Bertz CT molecular complexity index is 515. The van der Waals surface area contributed by atoms with Crippen LogP contribution in [-0.2, 0) is 7.59 Å². The van der Waals surface area contributed by atoms with Crippen LogP contribution in [0.3, 0.4) is 0 Å². The third-order valence-corrected chi connectivity index (χ3v) is 5.23. The summed E-state index contributed by atoms with van der Waals surface area (Å²) in [5.41, 5.74) is 0. The zero-order chi connectivity index (χ0) is 14.3. The molecule has 2 aromatic rings. The first-order chi connectivity index (χ1) is 8.66. The molecule has 0 aromatic carbocycles. The second-order valence-corrected chi connectivity index (χ2v) is 10.5. The van der Waals surface area contributed by atoms with Crippen molar-refractivity contribution in [2.24, 2.45) is 0 Å². The first-order valence-electron chi connectivity index (χ1n) is 4.65. The van der Waals surface area contributed by atoms with E-state index in [1.54, 1.807) is 24.3 Å². The Morgan fingerprint density at radius 2 is 1.05 bits per heavy atom. The molecule has 0 atom stereocenters. The number of rotatable bonds is 2. The van der Waals surface area contributed by atoms with Gasteiger partial charge in [0.25, 0.3) is 0 Å². The van der Waals surface area contributed by atoms with Crippen molar-refractivity contribution in [3.05, 3.63) is 43.3 Å². The molecule has 0 aliphatic heterocycles. The highest BCUT2D eigenvalue weighted by molar-refractivity contribution is 6.67. The first-order valence-corrected chi connectivity index (χ1v) is 9.08. The van der Waals surface area contributed by atoms with Crippen molar-refractivity contribution in [2.75, 3.05) is 0 Å². The van der Waals surface area contributed by atoms with Gasteiger partial charge >= 0.3 is 28.7 Å². The zero-order valence-electron chi connectivity index (χ0n) is 8.77. The lowest BCUT2D eigenvalue weighted by Gasteiger charge is -2.04. The van der Waals surface area contributed by atoms with Gasteiger partial charge in [0.05, 0.1) is 0 Å². The fourth-order valence-electron chi connectivity index (χ4n) is 1.13. The highest BCUT2D eigenvalue weighted by Gasteiger charge is 2.34. The quantitative estimate of drug-likeness (QED) is 0.473. The van der Waals surface area contributed by atoms with Gasteiger partial charge < -0.3 is 8.83 Å². The molecule has 0 fully saturated rings. The summed E-state index contributed by atoms with van der Waals surface area (Å²) in [5.74, 6) is 0.528. The van der Waals surface area contributed by atoms with Gasteiger partial charge in [-0.2, -0.15) is 0 Å². The lowest BCUT2D eigenvalue weighted by Crippen LogP contribution is -3.61. The van der Waals surface area contributed by atoms with Gasteiger partial charge in [0.2, 0.25) is 7.59 Å². The topological polar surface area (TPSA) is 26.3 Å². The standard InChI is InChI=1S/C10H4Cl6IO2/c11-9(12,13)5-1-3-7(18-5)17-8-4-2-6(19-8)10(14,15)16/h1-4H/q+1. The molecule has 0 radical (unpaired) electrons. The van der Waals surface area contributed by atoms with Crippen molar-refractivity contribution in [3.63, 3.8) is 0 Å². The summed E-state index contributed by atoms with van der Waals surface area (Å²) in [6.07, 6.45) is 0. The van der Waals surface area contributed by atoms with Gasteiger partial charge in [-0.15, -0.1) is 0 Å². The van der Waals surface area contributed by atoms with Gasteiger partial charge in [-0.1, -0.05) is 69.6 Å². The van der Waals surface area contributed by atoms with Gasteiger partial charge in [-0.3, -0.25) is 0 Å². The van der Waals surface area contributed by atoms with Gasteiger partial charge in [0, 0.05) is 12.1 Å². The van der Waals surface area contributed by atoms with Crippen molar-refractivity contribution in [2.45, 2.75) is 7.59 Å². The van der Waals surface area contributed by atoms with E-state index < -0.39 is 28.8 Å². The normalized spacial score (nSPS) is 12.9. The maximum atomic E-state index is 5.71. The van der Waals surface area contributed by atoms with Crippen molar-refractivity contribution < 1.29 is 30.0 Å². The number of alkyl halides is 6. The van der Waals surface area contributed by atoms with Crippen LogP contribution >= 0.6 is 69.6 Å². The molecule has 19 heavy (non-hydrogen) atoms.